The molecule has 0 saturated carbocycles. The van der Waals surface area contributed by atoms with Gasteiger partial charge in [0.25, 0.3) is 5.91 Å². The molecule has 1 amide bonds. The van der Waals surface area contributed by atoms with Gasteiger partial charge in [-0.3, -0.25) is 4.79 Å². The van der Waals surface area contributed by atoms with Crippen LogP contribution in [0, 0.1) is 12.8 Å². The molecule has 1 aliphatic heterocycles. The van der Waals surface area contributed by atoms with Crippen molar-refractivity contribution in [1.29, 1.82) is 0 Å². The lowest BCUT2D eigenvalue weighted by molar-refractivity contribution is 0.0926. The number of rotatable bonds is 6. The molecule has 9 heteroatoms. The largest absolute Gasteiger partial charge is 0.379 e. The summed E-state index contributed by atoms with van der Waals surface area (Å²) in [5, 5.41) is 2.91. The van der Waals surface area contributed by atoms with Gasteiger partial charge in [-0.1, -0.05) is 30.3 Å². The van der Waals surface area contributed by atoms with Crippen LogP contribution >= 0.6 is 0 Å². The fourth-order valence-corrected chi connectivity index (χ4v) is 4.21. The van der Waals surface area contributed by atoms with Crippen LogP contribution in [0.2, 0.25) is 0 Å². The van der Waals surface area contributed by atoms with Crippen molar-refractivity contribution in [2.75, 3.05) is 33.1 Å². The first-order chi connectivity index (χ1) is 13.3. The lowest BCUT2D eigenvalue weighted by Crippen LogP contribution is -2.43. The Morgan fingerprint density at radius 2 is 1.96 bits per heavy atom. The molecule has 1 saturated heterocycles. The number of aryl methyl sites for hydroxylation is 1. The van der Waals surface area contributed by atoms with Crippen molar-refractivity contribution in [3.8, 4) is 11.3 Å². The van der Waals surface area contributed by atoms with Crippen LogP contribution in [0.15, 0.2) is 36.5 Å². The number of benzene rings is 1. The molecule has 1 fully saturated rings. The van der Waals surface area contributed by atoms with E-state index in [1.807, 2.05) is 30.3 Å². The highest BCUT2D eigenvalue weighted by Gasteiger charge is 2.34. The fourth-order valence-electron chi connectivity index (χ4n) is 3.04. The van der Waals surface area contributed by atoms with Crippen molar-refractivity contribution in [2.45, 2.75) is 13.0 Å². The summed E-state index contributed by atoms with van der Waals surface area (Å²) in [7, 11) is -0.405. The molecule has 2 aromatic rings. The molecule has 8 nitrogen and oxygen atoms in total. The topological polar surface area (TPSA) is 101 Å². The maximum atomic E-state index is 12.9. The third-order valence-corrected chi connectivity index (χ3v) is 6.66. The monoisotopic (exact) mass is 404 g/mol. The van der Waals surface area contributed by atoms with Gasteiger partial charge in [0.15, 0.2) is 0 Å². The summed E-state index contributed by atoms with van der Waals surface area (Å²) in [6.45, 7) is 2.32. The van der Waals surface area contributed by atoms with Gasteiger partial charge in [-0.2, -0.15) is 0 Å². The van der Waals surface area contributed by atoms with E-state index in [4.69, 9.17) is 4.74 Å². The van der Waals surface area contributed by atoms with E-state index in [2.05, 4.69) is 15.3 Å². The molecule has 0 unspecified atom stereocenters. The lowest BCUT2D eigenvalue weighted by atomic mass is 10.0. The number of sulfonamides is 1. The normalized spacial score (nSPS) is 19.7. The second kappa shape index (κ2) is 8.34. The third-order valence-electron chi connectivity index (χ3n) is 4.70. The van der Waals surface area contributed by atoms with Gasteiger partial charge in [0.2, 0.25) is 10.0 Å². The van der Waals surface area contributed by atoms with E-state index in [0.717, 1.165) is 5.56 Å². The zero-order chi connectivity index (χ0) is 20.3. The van der Waals surface area contributed by atoms with E-state index in [1.54, 1.807) is 6.92 Å². The summed E-state index contributed by atoms with van der Waals surface area (Å²) in [5.74, 6) is -0.181. The van der Waals surface area contributed by atoms with Crippen LogP contribution < -0.4 is 5.32 Å². The molecule has 1 aliphatic rings. The van der Waals surface area contributed by atoms with Gasteiger partial charge in [0.1, 0.15) is 5.82 Å². The number of amides is 1. The van der Waals surface area contributed by atoms with E-state index >= 15 is 0 Å². The molecule has 0 bridgehead atoms. The molecule has 0 radical (unpaired) electrons. The highest BCUT2D eigenvalue weighted by molar-refractivity contribution is 7.89. The number of nitrogens with zero attached hydrogens (tertiary/aromatic N) is 3. The van der Waals surface area contributed by atoms with Crippen LogP contribution in [0.25, 0.3) is 11.3 Å². The summed E-state index contributed by atoms with van der Waals surface area (Å²) < 4.78 is 31.0. The summed E-state index contributed by atoms with van der Waals surface area (Å²) >= 11 is 0. The molecule has 150 valence electrons. The standard InChI is InChI=1S/C19H24N4O4S/c1-13-20-9-16(18(21-13)14-7-5-4-6-8-14)19(24)22-17-11-27-10-15(17)12-28(25,26)23(2)3/h4-9,15,17H,10-12H2,1-3H3,(H,22,24)/t15-,17+/m0/s1. The molecular weight excluding hydrogens is 380 g/mol. The number of hydrogen-bond acceptors (Lipinski definition) is 6. The minimum atomic E-state index is -3.39. The molecule has 3 rings (SSSR count). The first-order valence-electron chi connectivity index (χ1n) is 8.96. The zero-order valence-electron chi connectivity index (χ0n) is 16.1. The van der Waals surface area contributed by atoms with Crippen LogP contribution in [-0.4, -0.2) is 67.7 Å². The van der Waals surface area contributed by atoms with Crippen LogP contribution in [0.4, 0.5) is 0 Å². The number of nitrogens with one attached hydrogen (secondary N) is 1. The summed E-state index contributed by atoms with van der Waals surface area (Å²) in [6.07, 6.45) is 1.50. The average Bonchev–Trinajstić information content (AvgIpc) is 3.08. The number of carbonyl (C=O) groups excluding carboxylic acids is 1. The lowest BCUT2D eigenvalue weighted by Gasteiger charge is -2.21. The van der Waals surface area contributed by atoms with Gasteiger partial charge in [0.05, 0.1) is 36.3 Å². The Morgan fingerprint density at radius 3 is 2.64 bits per heavy atom. The summed E-state index contributed by atoms with van der Waals surface area (Å²) in [4.78, 5) is 21.5. The first kappa shape index (κ1) is 20.4. The predicted molar refractivity (Wildman–Crippen MR) is 105 cm³/mol. The van der Waals surface area contributed by atoms with Gasteiger partial charge in [-0.25, -0.2) is 22.7 Å². The molecule has 1 N–H and O–H groups in total. The second-order valence-corrected chi connectivity index (χ2v) is 9.21. The summed E-state index contributed by atoms with van der Waals surface area (Å²) in [6, 6.07) is 9.01. The van der Waals surface area contributed by atoms with Crippen LogP contribution in [0.1, 0.15) is 16.2 Å². The molecule has 28 heavy (non-hydrogen) atoms. The van der Waals surface area contributed by atoms with Gasteiger partial charge < -0.3 is 10.1 Å². The Bertz CT molecular complexity index is 948. The van der Waals surface area contributed by atoms with E-state index in [0.29, 0.717) is 17.1 Å². The SMILES string of the molecule is Cc1ncc(C(=O)N[C@@H]2COC[C@H]2CS(=O)(=O)N(C)C)c(-c2ccccc2)n1. The van der Waals surface area contributed by atoms with Gasteiger partial charge in [0, 0.05) is 31.8 Å². The maximum absolute atomic E-state index is 12.9. The number of hydrogen-bond donors (Lipinski definition) is 1. The molecule has 2 heterocycles. The second-order valence-electron chi connectivity index (χ2n) is 6.98. The van der Waals surface area contributed by atoms with Crippen LogP contribution in [0.3, 0.4) is 0 Å². The average molecular weight is 404 g/mol. The van der Waals surface area contributed by atoms with Gasteiger partial charge in [-0.15, -0.1) is 0 Å². The highest BCUT2D eigenvalue weighted by atomic mass is 32.2. The fraction of sp³-hybridized carbons (Fsp3) is 0.421. The van der Waals surface area contributed by atoms with Crippen molar-refractivity contribution in [3.63, 3.8) is 0 Å². The third kappa shape index (κ3) is 4.54. The van der Waals surface area contributed by atoms with Crippen molar-refractivity contribution in [1.82, 2.24) is 19.6 Å². The Hall–Kier alpha value is -2.36. The Balaban J connectivity index is 1.82. The minimum Gasteiger partial charge on any atom is -0.379 e. The molecule has 0 aliphatic carbocycles. The quantitative estimate of drug-likeness (QED) is 0.773. The minimum absolute atomic E-state index is 0.0825. The van der Waals surface area contributed by atoms with E-state index < -0.39 is 16.1 Å². The molecule has 1 aromatic carbocycles. The van der Waals surface area contributed by atoms with Crippen molar-refractivity contribution in [3.05, 3.63) is 47.9 Å². The van der Waals surface area contributed by atoms with Crippen LogP contribution in [0.5, 0.6) is 0 Å². The molecular formula is C19H24N4O4S. The Morgan fingerprint density at radius 1 is 1.25 bits per heavy atom. The van der Waals surface area contributed by atoms with Crippen molar-refractivity contribution >= 4 is 15.9 Å². The van der Waals surface area contributed by atoms with Gasteiger partial charge >= 0.3 is 0 Å². The predicted octanol–water partition coefficient (Wildman–Crippen LogP) is 1.09. The Kier molecular flexibility index (Phi) is 6.07. The zero-order valence-corrected chi connectivity index (χ0v) is 16.9. The summed E-state index contributed by atoms with van der Waals surface area (Å²) in [5.41, 5.74) is 1.70. The molecule has 0 spiro atoms. The van der Waals surface area contributed by atoms with E-state index in [-0.39, 0.29) is 30.8 Å². The number of aromatic nitrogens is 2. The number of ether oxygens (including phenoxy) is 1. The van der Waals surface area contributed by atoms with Crippen molar-refractivity contribution in [2.24, 2.45) is 5.92 Å². The smallest absolute Gasteiger partial charge is 0.255 e. The maximum Gasteiger partial charge on any atom is 0.255 e. The van der Waals surface area contributed by atoms with E-state index in [9.17, 15) is 13.2 Å². The first-order valence-corrected chi connectivity index (χ1v) is 10.6. The molecule has 2 atom stereocenters. The Labute approximate surface area is 165 Å². The van der Waals surface area contributed by atoms with Gasteiger partial charge in [-0.05, 0) is 6.92 Å². The van der Waals surface area contributed by atoms with Crippen molar-refractivity contribution < 1.29 is 17.9 Å². The molecule has 1 aromatic heterocycles. The van der Waals surface area contributed by atoms with E-state index in [1.165, 1.54) is 24.6 Å². The highest BCUT2D eigenvalue weighted by Crippen LogP contribution is 2.22. The van der Waals surface area contributed by atoms with Crippen LogP contribution in [-0.2, 0) is 14.8 Å². The number of carbonyl (C=O) groups is 1.